The van der Waals surface area contributed by atoms with Gasteiger partial charge in [0.15, 0.2) is 0 Å². The van der Waals surface area contributed by atoms with Crippen LogP contribution < -0.4 is 15.2 Å². The Morgan fingerprint density at radius 2 is 1.70 bits per heavy atom. The molecule has 1 aliphatic carbocycles. The van der Waals surface area contributed by atoms with Crippen LogP contribution in [-0.2, 0) is 0 Å². The van der Waals surface area contributed by atoms with E-state index in [0.29, 0.717) is 18.6 Å². The molecule has 3 nitrogen and oxygen atoms in total. The molecule has 0 unspecified atom stereocenters. The lowest BCUT2D eigenvalue weighted by Crippen LogP contribution is -2.24. The molecule has 0 aromatic heterocycles. The van der Waals surface area contributed by atoms with Crippen LogP contribution in [0, 0.1) is 5.41 Å². The molecule has 3 heteroatoms. The molecule has 0 bridgehead atoms. The first-order valence-corrected chi connectivity index (χ1v) is 7.78. The molecule has 0 aliphatic heterocycles. The molecule has 0 spiro atoms. The molecule has 20 heavy (non-hydrogen) atoms. The van der Waals surface area contributed by atoms with Gasteiger partial charge in [0.05, 0.1) is 6.61 Å². The maximum atomic E-state index is 6.01. The summed E-state index contributed by atoms with van der Waals surface area (Å²) in [5.74, 6) is 1.73. The fourth-order valence-electron chi connectivity index (χ4n) is 2.81. The summed E-state index contributed by atoms with van der Waals surface area (Å²) in [5, 5.41) is 0. The fraction of sp³-hybridized carbons (Fsp3) is 0.647. The lowest BCUT2D eigenvalue weighted by Gasteiger charge is -2.28. The minimum absolute atomic E-state index is 0.324. The first-order chi connectivity index (χ1) is 9.72. The van der Waals surface area contributed by atoms with Gasteiger partial charge in [-0.1, -0.05) is 38.7 Å². The monoisotopic (exact) mass is 277 g/mol. The molecule has 1 fully saturated rings. The topological polar surface area (TPSA) is 44.5 Å². The summed E-state index contributed by atoms with van der Waals surface area (Å²) in [5.41, 5.74) is 5.77. The van der Waals surface area contributed by atoms with E-state index in [-0.39, 0.29) is 0 Å². The quantitative estimate of drug-likeness (QED) is 0.805. The van der Waals surface area contributed by atoms with Crippen molar-refractivity contribution in [2.75, 3.05) is 19.8 Å². The molecule has 1 aromatic carbocycles. The highest BCUT2D eigenvalue weighted by Gasteiger charge is 2.26. The Hall–Kier alpha value is -1.22. The molecule has 112 valence electrons. The number of rotatable bonds is 6. The Morgan fingerprint density at radius 1 is 1.05 bits per heavy atom. The molecule has 2 N–H and O–H groups in total. The number of ether oxygens (including phenoxy) is 2. The van der Waals surface area contributed by atoms with E-state index in [0.717, 1.165) is 18.1 Å². The molecule has 0 saturated heterocycles. The Kier molecular flexibility index (Phi) is 5.72. The van der Waals surface area contributed by atoms with Crippen LogP contribution in [0.15, 0.2) is 24.3 Å². The zero-order valence-corrected chi connectivity index (χ0v) is 12.6. The van der Waals surface area contributed by atoms with Crippen LogP contribution in [0.2, 0.25) is 0 Å². The van der Waals surface area contributed by atoms with E-state index in [1.54, 1.807) is 0 Å². The van der Waals surface area contributed by atoms with E-state index in [1.165, 1.54) is 38.5 Å². The molecule has 0 radical (unpaired) electrons. The smallest absolute Gasteiger partial charge is 0.123 e. The normalized spacial score (nSPS) is 18.3. The summed E-state index contributed by atoms with van der Waals surface area (Å²) >= 11 is 0. The van der Waals surface area contributed by atoms with Crippen LogP contribution in [0.3, 0.4) is 0 Å². The van der Waals surface area contributed by atoms with E-state index in [9.17, 15) is 0 Å². The standard InChI is InChI=1S/C17H27NO2/c1-17(9-4-2-3-5-10-17)14-20-16-8-6-7-15(13-16)19-12-11-18/h6-8,13H,2-5,9-12,14,18H2,1H3. The van der Waals surface area contributed by atoms with Crippen LogP contribution in [0.4, 0.5) is 0 Å². The van der Waals surface area contributed by atoms with Crippen molar-refractivity contribution in [1.82, 2.24) is 0 Å². The van der Waals surface area contributed by atoms with Crippen LogP contribution in [-0.4, -0.2) is 19.8 Å². The zero-order valence-electron chi connectivity index (χ0n) is 12.6. The second-order valence-corrected chi connectivity index (χ2v) is 6.13. The number of hydrogen-bond acceptors (Lipinski definition) is 3. The van der Waals surface area contributed by atoms with E-state index in [1.807, 2.05) is 24.3 Å². The third-order valence-corrected chi connectivity index (χ3v) is 4.09. The van der Waals surface area contributed by atoms with Gasteiger partial charge >= 0.3 is 0 Å². The highest BCUT2D eigenvalue weighted by Crippen LogP contribution is 2.35. The van der Waals surface area contributed by atoms with Crippen molar-refractivity contribution in [3.63, 3.8) is 0 Å². The van der Waals surface area contributed by atoms with Crippen molar-refractivity contribution in [2.24, 2.45) is 11.1 Å². The van der Waals surface area contributed by atoms with Gasteiger partial charge in [-0.3, -0.25) is 0 Å². The van der Waals surface area contributed by atoms with Gasteiger partial charge < -0.3 is 15.2 Å². The van der Waals surface area contributed by atoms with Crippen molar-refractivity contribution in [3.05, 3.63) is 24.3 Å². The van der Waals surface area contributed by atoms with Crippen LogP contribution in [0.5, 0.6) is 11.5 Å². The van der Waals surface area contributed by atoms with Crippen molar-refractivity contribution in [1.29, 1.82) is 0 Å². The van der Waals surface area contributed by atoms with Crippen molar-refractivity contribution in [2.45, 2.75) is 45.4 Å². The van der Waals surface area contributed by atoms with Crippen molar-refractivity contribution < 1.29 is 9.47 Å². The van der Waals surface area contributed by atoms with Gasteiger partial charge in [-0.15, -0.1) is 0 Å². The largest absolute Gasteiger partial charge is 0.493 e. The number of benzene rings is 1. The minimum Gasteiger partial charge on any atom is -0.493 e. The van der Waals surface area contributed by atoms with Crippen LogP contribution in [0.1, 0.15) is 45.4 Å². The third kappa shape index (κ3) is 4.71. The molecule has 1 aromatic rings. The maximum absolute atomic E-state index is 6.01. The minimum atomic E-state index is 0.324. The molecule has 0 heterocycles. The number of nitrogens with two attached hydrogens (primary N) is 1. The average molecular weight is 277 g/mol. The second kappa shape index (κ2) is 7.53. The van der Waals surface area contributed by atoms with Gasteiger partial charge in [-0.05, 0) is 25.0 Å². The van der Waals surface area contributed by atoms with Gasteiger partial charge in [0, 0.05) is 18.0 Å². The lowest BCUT2D eigenvalue weighted by molar-refractivity contribution is 0.143. The Balaban J connectivity index is 1.89. The Labute approximate surface area is 122 Å². The predicted molar refractivity (Wildman–Crippen MR) is 82.3 cm³/mol. The average Bonchev–Trinajstić information content (AvgIpc) is 2.69. The fourth-order valence-corrected chi connectivity index (χ4v) is 2.81. The van der Waals surface area contributed by atoms with E-state index >= 15 is 0 Å². The molecule has 0 atom stereocenters. The molecular formula is C17H27NO2. The highest BCUT2D eigenvalue weighted by atomic mass is 16.5. The molecule has 1 saturated carbocycles. The summed E-state index contributed by atoms with van der Waals surface area (Å²) in [6.07, 6.45) is 7.96. The van der Waals surface area contributed by atoms with Crippen molar-refractivity contribution >= 4 is 0 Å². The zero-order chi connectivity index (χ0) is 14.3. The molecule has 2 rings (SSSR count). The maximum Gasteiger partial charge on any atom is 0.123 e. The summed E-state index contributed by atoms with van der Waals surface area (Å²) in [4.78, 5) is 0. The predicted octanol–water partition coefficient (Wildman–Crippen LogP) is 3.76. The van der Waals surface area contributed by atoms with E-state index in [4.69, 9.17) is 15.2 Å². The Bertz CT molecular complexity index is 398. The first kappa shape index (κ1) is 15.2. The van der Waals surface area contributed by atoms with E-state index < -0.39 is 0 Å². The van der Waals surface area contributed by atoms with Gasteiger partial charge in [-0.25, -0.2) is 0 Å². The molecule has 0 amide bonds. The SMILES string of the molecule is CC1(COc2cccc(OCCN)c2)CCCCCC1. The van der Waals surface area contributed by atoms with Gasteiger partial charge in [-0.2, -0.15) is 0 Å². The Morgan fingerprint density at radius 3 is 2.35 bits per heavy atom. The number of hydrogen-bond donors (Lipinski definition) is 1. The summed E-state index contributed by atoms with van der Waals surface area (Å²) < 4.78 is 11.5. The van der Waals surface area contributed by atoms with Gasteiger partial charge in [0.1, 0.15) is 18.1 Å². The van der Waals surface area contributed by atoms with Crippen LogP contribution >= 0.6 is 0 Å². The van der Waals surface area contributed by atoms with E-state index in [2.05, 4.69) is 6.92 Å². The van der Waals surface area contributed by atoms with Crippen LogP contribution in [0.25, 0.3) is 0 Å². The summed E-state index contributed by atoms with van der Waals surface area (Å²) in [6.45, 7) is 4.23. The second-order valence-electron chi connectivity index (χ2n) is 6.13. The van der Waals surface area contributed by atoms with Crippen molar-refractivity contribution in [3.8, 4) is 11.5 Å². The summed E-state index contributed by atoms with van der Waals surface area (Å²) in [6, 6.07) is 7.86. The van der Waals surface area contributed by atoms with Gasteiger partial charge in [0.2, 0.25) is 0 Å². The molecule has 1 aliphatic rings. The first-order valence-electron chi connectivity index (χ1n) is 7.78. The van der Waals surface area contributed by atoms with Gasteiger partial charge in [0.25, 0.3) is 0 Å². The lowest BCUT2D eigenvalue weighted by atomic mass is 9.83. The highest BCUT2D eigenvalue weighted by molar-refractivity contribution is 5.32. The summed E-state index contributed by atoms with van der Waals surface area (Å²) in [7, 11) is 0. The third-order valence-electron chi connectivity index (χ3n) is 4.09. The molecular weight excluding hydrogens is 250 g/mol.